The van der Waals surface area contributed by atoms with Crippen molar-refractivity contribution >= 4 is 23.3 Å². The fraction of sp³-hybridized carbons (Fsp3) is 0.267. The molecule has 1 aliphatic rings. The Bertz CT molecular complexity index is 617. The molecule has 0 unspecified atom stereocenters. The van der Waals surface area contributed by atoms with E-state index in [2.05, 4.69) is 31.0 Å². The topological polar surface area (TPSA) is 25.5 Å². The first-order valence-electron chi connectivity index (χ1n) is 5.98. The molecule has 0 radical (unpaired) electrons. The molecule has 1 aliphatic heterocycles. The van der Waals surface area contributed by atoms with Crippen LogP contribution in [0, 0.1) is 5.92 Å². The largest absolute Gasteiger partial charge is 0.463 e. The first-order chi connectivity index (χ1) is 8.25. The molecule has 2 heterocycles. The van der Waals surface area contributed by atoms with E-state index >= 15 is 0 Å². The molecule has 86 valence electrons. The minimum atomic E-state index is 0.631. The molecule has 0 aliphatic carbocycles. The zero-order valence-corrected chi connectivity index (χ0v) is 10.1. The molecule has 2 nitrogen and oxygen atoms in total. The maximum absolute atomic E-state index is 5.72. The van der Waals surface area contributed by atoms with Crippen molar-refractivity contribution in [2.75, 3.05) is 0 Å². The molecule has 2 heteroatoms. The van der Waals surface area contributed by atoms with Crippen LogP contribution >= 0.6 is 0 Å². The monoisotopic (exact) mass is 225 g/mol. The highest BCUT2D eigenvalue weighted by molar-refractivity contribution is 6.04. The summed E-state index contributed by atoms with van der Waals surface area (Å²) in [6.07, 6.45) is 8.57. The first kappa shape index (κ1) is 10.3. The van der Waals surface area contributed by atoms with E-state index in [1.54, 1.807) is 6.26 Å². The number of hydrogen-bond acceptors (Lipinski definition) is 2. The third-order valence-corrected chi connectivity index (χ3v) is 3.05. The van der Waals surface area contributed by atoms with Crippen molar-refractivity contribution in [2.24, 2.45) is 10.9 Å². The van der Waals surface area contributed by atoms with E-state index in [9.17, 15) is 0 Å². The fourth-order valence-electron chi connectivity index (χ4n) is 2.34. The molecule has 0 amide bonds. The van der Waals surface area contributed by atoms with Crippen LogP contribution in [0.3, 0.4) is 0 Å². The van der Waals surface area contributed by atoms with Crippen molar-refractivity contribution in [3.8, 4) is 0 Å². The molecule has 0 spiro atoms. The summed E-state index contributed by atoms with van der Waals surface area (Å²) in [4.78, 5) is 4.21. The van der Waals surface area contributed by atoms with Gasteiger partial charge in [-0.25, -0.2) is 0 Å². The average Bonchev–Trinajstić information content (AvgIpc) is 2.60. The molecule has 3 rings (SSSR count). The Morgan fingerprint density at radius 3 is 2.94 bits per heavy atom. The van der Waals surface area contributed by atoms with Crippen LogP contribution in [0.25, 0.3) is 17.0 Å². The van der Waals surface area contributed by atoms with E-state index in [4.69, 9.17) is 4.42 Å². The molecule has 1 aromatic carbocycles. The van der Waals surface area contributed by atoms with Crippen LogP contribution in [-0.2, 0) is 6.42 Å². The highest BCUT2D eigenvalue weighted by Crippen LogP contribution is 2.30. The van der Waals surface area contributed by atoms with Gasteiger partial charge >= 0.3 is 0 Å². The normalized spacial score (nSPS) is 13.6. The predicted octanol–water partition coefficient (Wildman–Crippen LogP) is 4.03. The van der Waals surface area contributed by atoms with E-state index in [0.29, 0.717) is 5.92 Å². The van der Waals surface area contributed by atoms with Gasteiger partial charge in [-0.2, -0.15) is 0 Å². The summed E-state index contributed by atoms with van der Waals surface area (Å²) in [5, 5.41) is 1.20. The average molecular weight is 225 g/mol. The lowest BCUT2D eigenvalue weighted by molar-refractivity contribution is 0.595. The van der Waals surface area contributed by atoms with Gasteiger partial charge < -0.3 is 4.42 Å². The second kappa shape index (κ2) is 3.88. The standard InChI is InChI=1S/C15H15NO/c1-10(2)7-12-4-3-11-5-6-16-8-13-9-17-15(12)14(11)13/h3-6,8-10H,7H2,1-2H3. The Balaban J connectivity index is 2.26. The van der Waals surface area contributed by atoms with Crippen molar-refractivity contribution in [3.05, 3.63) is 41.3 Å². The Morgan fingerprint density at radius 2 is 2.12 bits per heavy atom. The van der Waals surface area contributed by atoms with Crippen molar-refractivity contribution in [1.82, 2.24) is 0 Å². The van der Waals surface area contributed by atoms with E-state index in [-0.39, 0.29) is 0 Å². The van der Waals surface area contributed by atoms with E-state index < -0.39 is 0 Å². The summed E-state index contributed by atoms with van der Waals surface area (Å²) in [6.45, 7) is 4.45. The zero-order chi connectivity index (χ0) is 11.8. The van der Waals surface area contributed by atoms with Gasteiger partial charge in [-0.3, -0.25) is 4.99 Å². The van der Waals surface area contributed by atoms with Gasteiger partial charge in [0.2, 0.25) is 0 Å². The highest BCUT2D eigenvalue weighted by atomic mass is 16.3. The molecule has 2 aromatic rings. The van der Waals surface area contributed by atoms with Crippen LogP contribution < -0.4 is 0 Å². The lowest BCUT2D eigenvalue weighted by Gasteiger charge is -2.07. The Hall–Kier alpha value is -1.83. The van der Waals surface area contributed by atoms with Crippen LogP contribution in [-0.4, -0.2) is 6.21 Å². The lowest BCUT2D eigenvalue weighted by atomic mass is 9.97. The van der Waals surface area contributed by atoms with Gasteiger partial charge in [-0.05, 0) is 29.5 Å². The molecular weight excluding hydrogens is 210 g/mol. The Labute approximate surface area is 101 Å². The van der Waals surface area contributed by atoms with Gasteiger partial charge in [0, 0.05) is 23.4 Å². The maximum Gasteiger partial charge on any atom is 0.138 e. The van der Waals surface area contributed by atoms with Crippen LogP contribution in [0.2, 0.25) is 0 Å². The minimum absolute atomic E-state index is 0.631. The molecular formula is C15H15NO. The summed E-state index contributed by atoms with van der Waals surface area (Å²) >= 11 is 0. The number of nitrogens with zero attached hydrogens (tertiary/aromatic N) is 1. The van der Waals surface area contributed by atoms with Crippen LogP contribution in [0.4, 0.5) is 0 Å². The second-order valence-corrected chi connectivity index (χ2v) is 4.90. The fourth-order valence-corrected chi connectivity index (χ4v) is 2.34. The lowest BCUT2D eigenvalue weighted by Crippen LogP contribution is -1.95. The van der Waals surface area contributed by atoms with E-state index in [1.807, 2.05) is 18.5 Å². The number of benzene rings is 1. The molecule has 0 atom stereocenters. The quantitative estimate of drug-likeness (QED) is 0.757. The van der Waals surface area contributed by atoms with Crippen LogP contribution in [0.15, 0.2) is 34.0 Å². The smallest absolute Gasteiger partial charge is 0.138 e. The highest BCUT2D eigenvalue weighted by Gasteiger charge is 2.14. The molecule has 0 saturated carbocycles. The molecule has 0 saturated heterocycles. The zero-order valence-electron chi connectivity index (χ0n) is 10.1. The van der Waals surface area contributed by atoms with Crippen molar-refractivity contribution in [3.63, 3.8) is 0 Å². The minimum Gasteiger partial charge on any atom is -0.463 e. The SMILES string of the molecule is CC(C)Cc1ccc2c3c(coc13)C=NC=C2. The number of aliphatic imine (C=N–C) groups is 1. The molecule has 0 N–H and O–H groups in total. The predicted molar refractivity (Wildman–Crippen MR) is 71.4 cm³/mol. The Morgan fingerprint density at radius 1 is 1.24 bits per heavy atom. The summed E-state index contributed by atoms with van der Waals surface area (Å²) in [7, 11) is 0. The van der Waals surface area contributed by atoms with Crippen LogP contribution in [0.1, 0.15) is 30.5 Å². The van der Waals surface area contributed by atoms with E-state index in [1.165, 1.54) is 16.5 Å². The molecule has 0 bridgehead atoms. The van der Waals surface area contributed by atoms with Crippen molar-refractivity contribution in [2.45, 2.75) is 20.3 Å². The maximum atomic E-state index is 5.72. The molecule has 0 fully saturated rings. The molecule has 17 heavy (non-hydrogen) atoms. The number of furan rings is 1. The van der Waals surface area contributed by atoms with Crippen molar-refractivity contribution < 1.29 is 4.42 Å². The third kappa shape index (κ3) is 1.70. The van der Waals surface area contributed by atoms with Gasteiger partial charge in [-0.1, -0.05) is 26.0 Å². The van der Waals surface area contributed by atoms with Gasteiger partial charge in [0.15, 0.2) is 0 Å². The summed E-state index contributed by atoms with van der Waals surface area (Å²) in [6, 6.07) is 4.32. The summed E-state index contributed by atoms with van der Waals surface area (Å²) < 4.78 is 5.72. The molecule has 1 aromatic heterocycles. The van der Waals surface area contributed by atoms with E-state index in [0.717, 1.165) is 17.6 Å². The third-order valence-electron chi connectivity index (χ3n) is 3.05. The Kier molecular flexibility index (Phi) is 2.36. The summed E-state index contributed by atoms with van der Waals surface area (Å²) in [5.41, 5.74) is 4.57. The van der Waals surface area contributed by atoms with Gasteiger partial charge in [0.05, 0.1) is 0 Å². The first-order valence-corrected chi connectivity index (χ1v) is 5.98. The van der Waals surface area contributed by atoms with Gasteiger partial charge in [0.25, 0.3) is 0 Å². The van der Waals surface area contributed by atoms with Gasteiger partial charge in [0.1, 0.15) is 11.8 Å². The van der Waals surface area contributed by atoms with Crippen molar-refractivity contribution in [1.29, 1.82) is 0 Å². The van der Waals surface area contributed by atoms with Crippen LogP contribution in [0.5, 0.6) is 0 Å². The van der Waals surface area contributed by atoms with Gasteiger partial charge in [-0.15, -0.1) is 0 Å². The number of rotatable bonds is 2. The summed E-state index contributed by atoms with van der Waals surface area (Å²) in [5.74, 6) is 0.631. The number of hydrogen-bond donors (Lipinski definition) is 0. The second-order valence-electron chi connectivity index (χ2n) is 4.90.